The summed E-state index contributed by atoms with van der Waals surface area (Å²) in [5.41, 5.74) is 9.70. The topological polar surface area (TPSA) is 92.0 Å². The van der Waals surface area contributed by atoms with E-state index in [1.807, 2.05) is 0 Å². The zero-order valence-corrected chi connectivity index (χ0v) is 12.6. The van der Waals surface area contributed by atoms with E-state index in [0.717, 1.165) is 25.9 Å². The first-order chi connectivity index (χ1) is 11.3. The molecule has 0 spiro atoms. The number of hydrogen-bond donors (Lipinski definition) is 1. The fourth-order valence-corrected chi connectivity index (χ4v) is 2.61. The van der Waals surface area contributed by atoms with Gasteiger partial charge in [0.1, 0.15) is 11.9 Å². The smallest absolute Gasteiger partial charge is 0.255 e. The number of azide groups is 1. The second kappa shape index (κ2) is 7.00. The van der Waals surface area contributed by atoms with Crippen LogP contribution in [0.2, 0.25) is 0 Å². The van der Waals surface area contributed by atoms with Gasteiger partial charge in [-0.2, -0.15) is 0 Å². The van der Waals surface area contributed by atoms with Crippen molar-refractivity contribution in [2.24, 2.45) is 5.11 Å². The van der Waals surface area contributed by atoms with Gasteiger partial charge in [0, 0.05) is 23.2 Å². The predicted octanol–water partition coefficient (Wildman–Crippen LogP) is 2.91. The van der Waals surface area contributed by atoms with Crippen LogP contribution in [-0.4, -0.2) is 23.8 Å². The minimum absolute atomic E-state index is 0.0756. The van der Waals surface area contributed by atoms with Gasteiger partial charge in [-0.3, -0.25) is 9.36 Å². The lowest BCUT2D eigenvalue weighted by atomic mass is 10.1. The molecule has 1 N–H and O–H groups in total. The molecule has 1 aliphatic heterocycles. The average molecular weight is 311 g/mol. The molecule has 1 fully saturated rings. The summed E-state index contributed by atoms with van der Waals surface area (Å²) in [5, 5.41) is 6.96. The van der Waals surface area contributed by atoms with Crippen LogP contribution in [0.15, 0.2) is 52.5 Å². The molecular weight excluding hydrogens is 294 g/mol. The van der Waals surface area contributed by atoms with Gasteiger partial charge in [-0.25, -0.2) is 0 Å². The molecule has 0 atom stereocenters. The largest absolute Gasteiger partial charge is 0.490 e. The van der Waals surface area contributed by atoms with Gasteiger partial charge < -0.3 is 10.1 Å². The molecule has 0 amide bonds. The van der Waals surface area contributed by atoms with Crippen LogP contribution in [0.3, 0.4) is 0 Å². The Balaban J connectivity index is 1.97. The molecule has 0 unspecified atom stereocenters. The molecule has 0 radical (unpaired) electrons. The van der Waals surface area contributed by atoms with Gasteiger partial charge in [0.15, 0.2) is 0 Å². The molecule has 3 rings (SSSR count). The molecule has 1 aromatic heterocycles. The molecule has 118 valence electrons. The summed E-state index contributed by atoms with van der Waals surface area (Å²) in [7, 11) is 0. The minimum atomic E-state index is -0.128. The number of pyridine rings is 1. The number of ether oxygens (including phenoxy) is 1. The van der Waals surface area contributed by atoms with Crippen molar-refractivity contribution in [3.8, 4) is 11.4 Å². The highest BCUT2D eigenvalue weighted by molar-refractivity contribution is 5.57. The molecule has 1 aliphatic rings. The van der Waals surface area contributed by atoms with Crippen molar-refractivity contribution in [3.05, 3.63) is 63.4 Å². The molecular formula is C16H17N5O2. The molecule has 2 heterocycles. The first-order valence-corrected chi connectivity index (χ1v) is 7.52. The first-order valence-electron chi connectivity index (χ1n) is 7.52. The van der Waals surface area contributed by atoms with Crippen LogP contribution in [-0.2, 0) is 0 Å². The standard InChI is InChI=1S/C16H17N5O2/c17-20-19-14-5-4-12(21-10-2-1-3-16(21)22)11-15(14)23-13-6-8-18-9-7-13/h1-5,10-11,13,18H,6-9H2. The maximum absolute atomic E-state index is 12.0. The minimum Gasteiger partial charge on any atom is -0.490 e. The van der Waals surface area contributed by atoms with Crippen molar-refractivity contribution in [3.63, 3.8) is 0 Å². The van der Waals surface area contributed by atoms with Crippen molar-refractivity contribution < 1.29 is 4.74 Å². The second-order valence-electron chi connectivity index (χ2n) is 5.32. The Hall–Kier alpha value is -2.76. The lowest BCUT2D eigenvalue weighted by Gasteiger charge is -2.24. The molecule has 23 heavy (non-hydrogen) atoms. The van der Waals surface area contributed by atoms with Gasteiger partial charge in [-0.15, -0.1) is 0 Å². The SMILES string of the molecule is [N-]=[N+]=Nc1ccc(-n2ccccc2=O)cc1OC1CCNCC1. The highest BCUT2D eigenvalue weighted by atomic mass is 16.5. The van der Waals surface area contributed by atoms with Crippen molar-refractivity contribution in [1.29, 1.82) is 0 Å². The third kappa shape index (κ3) is 3.53. The Morgan fingerprint density at radius 1 is 1.26 bits per heavy atom. The predicted molar refractivity (Wildman–Crippen MR) is 87.4 cm³/mol. The van der Waals surface area contributed by atoms with Crippen LogP contribution in [0.25, 0.3) is 16.1 Å². The lowest BCUT2D eigenvalue weighted by molar-refractivity contribution is 0.163. The van der Waals surface area contributed by atoms with Crippen LogP contribution in [0.1, 0.15) is 12.8 Å². The summed E-state index contributed by atoms with van der Waals surface area (Å²) in [6.45, 7) is 1.80. The normalized spacial score (nSPS) is 15.0. The summed E-state index contributed by atoms with van der Waals surface area (Å²) in [5.74, 6) is 0.503. The number of hydrogen-bond acceptors (Lipinski definition) is 4. The molecule has 7 heteroatoms. The summed E-state index contributed by atoms with van der Waals surface area (Å²) in [4.78, 5) is 14.8. The van der Waals surface area contributed by atoms with E-state index in [9.17, 15) is 4.79 Å². The average Bonchev–Trinajstić information content (AvgIpc) is 2.58. The summed E-state index contributed by atoms with van der Waals surface area (Å²) < 4.78 is 7.54. The summed E-state index contributed by atoms with van der Waals surface area (Å²) in [6, 6.07) is 10.1. The molecule has 1 saturated heterocycles. The van der Waals surface area contributed by atoms with E-state index >= 15 is 0 Å². The molecule has 7 nitrogen and oxygen atoms in total. The molecule has 0 saturated carbocycles. The Bertz CT molecular complexity index is 789. The van der Waals surface area contributed by atoms with Crippen LogP contribution >= 0.6 is 0 Å². The number of nitrogens with one attached hydrogen (secondary N) is 1. The number of nitrogens with zero attached hydrogens (tertiary/aromatic N) is 4. The lowest BCUT2D eigenvalue weighted by Crippen LogP contribution is -2.34. The molecule has 0 aliphatic carbocycles. The third-order valence-electron chi connectivity index (χ3n) is 3.78. The second-order valence-corrected chi connectivity index (χ2v) is 5.32. The zero-order valence-electron chi connectivity index (χ0n) is 12.6. The van der Waals surface area contributed by atoms with Gasteiger partial charge in [0.25, 0.3) is 5.56 Å². The highest BCUT2D eigenvalue weighted by Gasteiger charge is 2.16. The van der Waals surface area contributed by atoms with Crippen LogP contribution in [0.4, 0.5) is 5.69 Å². The third-order valence-corrected chi connectivity index (χ3v) is 3.78. The van der Waals surface area contributed by atoms with E-state index in [4.69, 9.17) is 10.3 Å². The fourth-order valence-electron chi connectivity index (χ4n) is 2.61. The van der Waals surface area contributed by atoms with E-state index in [1.54, 1.807) is 36.5 Å². The van der Waals surface area contributed by atoms with E-state index in [1.165, 1.54) is 10.6 Å². The van der Waals surface area contributed by atoms with Crippen molar-refractivity contribution in [2.45, 2.75) is 18.9 Å². The van der Waals surface area contributed by atoms with Crippen LogP contribution in [0, 0.1) is 0 Å². The van der Waals surface area contributed by atoms with Crippen molar-refractivity contribution in [1.82, 2.24) is 9.88 Å². The Morgan fingerprint density at radius 2 is 2.09 bits per heavy atom. The monoisotopic (exact) mass is 311 g/mol. The van der Waals surface area contributed by atoms with E-state index in [0.29, 0.717) is 17.1 Å². The number of rotatable bonds is 4. The number of piperidine rings is 1. The van der Waals surface area contributed by atoms with Gasteiger partial charge >= 0.3 is 0 Å². The van der Waals surface area contributed by atoms with Gasteiger partial charge in [-0.05, 0) is 49.7 Å². The van der Waals surface area contributed by atoms with Gasteiger partial charge in [-0.1, -0.05) is 11.2 Å². The number of aromatic nitrogens is 1. The Kier molecular flexibility index (Phi) is 4.61. The molecule has 2 aromatic rings. The summed E-state index contributed by atoms with van der Waals surface area (Å²) in [6.07, 6.45) is 3.56. The van der Waals surface area contributed by atoms with Gasteiger partial charge in [0.2, 0.25) is 0 Å². The van der Waals surface area contributed by atoms with E-state index in [2.05, 4.69) is 15.3 Å². The fraction of sp³-hybridized carbons (Fsp3) is 0.312. The van der Waals surface area contributed by atoms with E-state index in [-0.39, 0.29) is 11.7 Å². The maximum atomic E-state index is 12.0. The molecule has 0 bridgehead atoms. The van der Waals surface area contributed by atoms with Crippen LogP contribution in [0.5, 0.6) is 5.75 Å². The number of benzene rings is 1. The van der Waals surface area contributed by atoms with Gasteiger partial charge in [0.05, 0.1) is 11.4 Å². The Morgan fingerprint density at radius 3 is 2.83 bits per heavy atom. The first kappa shape index (κ1) is 15.1. The molecule has 1 aromatic carbocycles. The quantitative estimate of drug-likeness (QED) is 0.534. The van der Waals surface area contributed by atoms with E-state index < -0.39 is 0 Å². The Labute approximate surface area is 133 Å². The summed E-state index contributed by atoms with van der Waals surface area (Å²) >= 11 is 0. The zero-order chi connectivity index (χ0) is 16.1. The van der Waals surface area contributed by atoms with Crippen molar-refractivity contribution in [2.75, 3.05) is 13.1 Å². The van der Waals surface area contributed by atoms with Crippen molar-refractivity contribution >= 4 is 5.69 Å². The highest BCUT2D eigenvalue weighted by Crippen LogP contribution is 2.32. The van der Waals surface area contributed by atoms with Crippen LogP contribution < -0.4 is 15.6 Å². The maximum Gasteiger partial charge on any atom is 0.255 e.